The Kier molecular flexibility index (Phi) is 3.55. The van der Waals surface area contributed by atoms with E-state index in [0.717, 1.165) is 11.1 Å². The van der Waals surface area contributed by atoms with E-state index in [2.05, 4.69) is 0 Å². The molecule has 2 aromatic rings. The van der Waals surface area contributed by atoms with E-state index in [-0.39, 0.29) is 17.8 Å². The maximum absolute atomic E-state index is 12.1. The van der Waals surface area contributed by atoms with Crippen molar-refractivity contribution < 1.29 is 0 Å². The molecule has 100 valence electrons. The van der Waals surface area contributed by atoms with Gasteiger partial charge in [0.2, 0.25) is 0 Å². The summed E-state index contributed by atoms with van der Waals surface area (Å²) in [5.41, 5.74) is 7.70. The lowest BCUT2D eigenvalue weighted by molar-refractivity contribution is 0.599. The van der Waals surface area contributed by atoms with Crippen molar-refractivity contribution in [2.24, 2.45) is 0 Å². The van der Waals surface area contributed by atoms with Gasteiger partial charge in [0, 0.05) is 24.5 Å². The van der Waals surface area contributed by atoms with Crippen molar-refractivity contribution in [3.05, 3.63) is 62.4 Å². The van der Waals surface area contributed by atoms with Crippen LogP contribution in [0, 0.1) is 6.92 Å². The van der Waals surface area contributed by atoms with Crippen LogP contribution < -0.4 is 17.0 Å². The van der Waals surface area contributed by atoms with Gasteiger partial charge in [0.1, 0.15) is 0 Å². The van der Waals surface area contributed by atoms with Crippen molar-refractivity contribution in [1.82, 2.24) is 9.13 Å². The van der Waals surface area contributed by atoms with Gasteiger partial charge in [-0.3, -0.25) is 9.36 Å². The first-order valence-electron chi connectivity index (χ1n) is 6.19. The maximum atomic E-state index is 12.1. The highest BCUT2D eigenvalue weighted by molar-refractivity contribution is 5.49. The van der Waals surface area contributed by atoms with Crippen LogP contribution in [0.15, 0.2) is 40.1 Å². The van der Waals surface area contributed by atoms with Gasteiger partial charge in [-0.1, -0.05) is 12.1 Å². The van der Waals surface area contributed by atoms with Gasteiger partial charge in [-0.2, -0.15) is 0 Å². The van der Waals surface area contributed by atoms with E-state index in [1.807, 2.05) is 26.0 Å². The fourth-order valence-electron chi connectivity index (χ4n) is 1.99. The van der Waals surface area contributed by atoms with E-state index in [4.69, 9.17) is 5.73 Å². The van der Waals surface area contributed by atoms with Crippen LogP contribution in [0.5, 0.6) is 0 Å². The maximum Gasteiger partial charge on any atom is 0.331 e. The molecule has 0 saturated carbocycles. The summed E-state index contributed by atoms with van der Waals surface area (Å²) in [7, 11) is 0. The van der Waals surface area contributed by atoms with Crippen LogP contribution in [-0.4, -0.2) is 9.13 Å². The molecule has 2 N–H and O–H groups in total. The van der Waals surface area contributed by atoms with Crippen LogP contribution in [0.4, 0.5) is 5.69 Å². The number of nitrogen functional groups attached to an aromatic ring is 1. The summed E-state index contributed by atoms with van der Waals surface area (Å²) in [6.45, 7) is 4.53. The Balaban J connectivity index is 2.53. The topological polar surface area (TPSA) is 70.0 Å². The highest BCUT2D eigenvalue weighted by Crippen LogP contribution is 2.15. The molecule has 0 atom stereocenters. The Morgan fingerprint density at radius 3 is 2.63 bits per heavy atom. The van der Waals surface area contributed by atoms with Gasteiger partial charge in [0.25, 0.3) is 5.56 Å². The fourth-order valence-corrected chi connectivity index (χ4v) is 1.99. The molecule has 2 rings (SSSR count). The highest BCUT2D eigenvalue weighted by Gasteiger charge is 2.07. The molecular formula is C14H17N3O2. The van der Waals surface area contributed by atoms with Crippen molar-refractivity contribution in [1.29, 1.82) is 0 Å². The first-order chi connectivity index (χ1) is 9.04. The average molecular weight is 259 g/mol. The molecule has 0 aliphatic rings. The molecule has 1 aromatic carbocycles. The smallest absolute Gasteiger partial charge is 0.331 e. The minimum absolute atomic E-state index is 0.245. The molecule has 0 amide bonds. The lowest BCUT2D eigenvalue weighted by atomic mass is 10.1. The molecule has 1 aromatic heterocycles. The third-order valence-electron chi connectivity index (χ3n) is 3.30. The van der Waals surface area contributed by atoms with Crippen molar-refractivity contribution in [3.8, 4) is 0 Å². The predicted molar refractivity (Wildman–Crippen MR) is 75.3 cm³/mol. The molecule has 0 bridgehead atoms. The number of hydrogen-bond acceptors (Lipinski definition) is 3. The summed E-state index contributed by atoms with van der Waals surface area (Å²) in [4.78, 5) is 23.9. The van der Waals surface area contributed by atoms with Gasteiger partial charge in [-0.25, -0.2) is 4.79 Å². The Hall–Kier alpha value is -2.30. The van der Waals surface area contributed by atoms with E-state index in [1.54, 1.807) is 6.07 Å². The number of rotatable bonds is 3. The van der Waals surface area contributed by atoms with Crippen LogP contribution in [0.25, 0.3) is 0 Å². The second kappa shape index (κ2) is 5.14. The predicted octanol–water partition coefficient (Wildman–Crippen LogP) is 0.969. The summed E-state index contributed by atoms with van der Waals surface area (Å²) >= 11 is 0. The number of aromatic nitrogens is 2. The number of nitrogens with two attached hydrogens (primary N) is 1. The third-order valence-corrected chi connectivity index (χ3v) is 3.30. The summed E-state index contributed by atoms with van der Waals surface area (Å²) in [5, 5.41) is 0. The minimum Gasteiger partial charge on any atom is -0.399 e. The summed E-state index contributed by atoms with van der Waals surface area (Å²) in [6, 6.07) is 6.91. The van der Waals surface area contributed by atoms with Crippen molar-refractivity contribution in [2.45, 2.75) is 26.9 Å². The van der Waals surface area contributed by atoms with E-state index in [9.17, 15) is 9.59 Å². The second-order valence-corrected chi connectivity index (χ2v) is 4.44. The summed E-state index contributed by atoms with van der Waals surface area (Å²) in [6.07, 6.45) is 1.52. The van der Waals surface area contributed by atoms with Gasteiger partial charge < -0.3 is 10.3 Å². The first kappa shape index (κ1) is 13.1. The van der Waals surface area contributed by atoms with Gasteiger partial charge in [-0.05, 0) is 31.0 Å². The van der Waals surface area contributed by atoms with Gasteiger partial charge >= 0.3 is 5.69 Å². The molecule has 5 nitrogen and oxygen atoms in total. The number of nitrogens with zero attached hydrogens (tertiary/aromatic N) is 2. The fraction of sp³-hybridized carbons (Fsp3) is 0.286. The third kappa shape index (κ3) is 2.45. The molecule has 0 spiro atoms. The molecular weight excluding hydrogens is 242 g/mol. The molecule has 0 aliphatic heterocycles. The second-order valence-electron chi connectivity index (χ2n) is 4.44. The van der Waals surface area contributed by atoms with Crippen LogP contribution in [-0.2, 0) is 13.1 Å². The van der Waals surface area contributed by atoms with Crippen LogP contribution in [0.1, 0.15) is 18.1 Å². The zero-order valence-electron chi connectivity index (χ0n) is 11.1. The molecule has 0 radical (unpaired) electrons. The molecule has 0 unspecified atom stereocenters. The molecule has 0 aliphatic carbocycles. The van der Waals surface area contributed by atoms with Crippen molar-refractivity contribution in [2.75, 3.05) is 5.73 Å². The lowest BCUT2D eigenvalue weighted by Gasteiger charge is -2.11. The monoisotopic (exact) mass is 259 g/mol. The Morgan fingerprint density at radius 1 is 1.21 bits per heavy atom. The van der Waals surface area contributed by atoms with Crippen LogP contribution in [0.2, 0.25) is 0 Å². The zero-order valence-corrected chi connectivity index (χ0v) is 11.1. The SMILES string of the molecule is CCn1ccc(=O)n(Cc2cccc(N)c2C)c1=O. The van der Waals surface area contributed by atoms with E-state index in [0.29, 0.717) is 12.2 Å². The van der Waals surface area contributed by atoms with Gasteiger partial charge in [0.15, 0.2) is 0 Å². The summed E-state index contributed by atoms with van der Waals surface area (Å²) in [5.74, 6) is 0. The quantitative estimate of drug-likeness (QED) is 0.835. The molecule has 1 heterocycles. The van der Waals surface area contributed by atoms with Crippen LogP contribution >= 0.6 is 0 Å². The molecule has 5 heteroatoms. The number of aryl methyl sites for hydroxylation is 1. The normalized spacial score (nSPS) is 10.6. The van der Waals surface area contributed by atoms with E-state index in [1.165, 1.54) is 21.4 Å². The standard InChI is InChI=1S/C14H17N3O2/c1-3-16-8-7-13(18)17(14(16)19)9-11-5-4-6-12(15)10(11)2/h4-8H,3,9,15H2,1-2H3. The summed E-state index contributed by atoms with van der Waals surface area (Å²) < 4.78 is 2.73. The molecule has 0 fully saturated rings. The minimum atomic E-state index is -0.295. The van der Waals surface area contributed by atoms with Gasteiger partial charge in [0.05, 0.1) is 6.54 Å². The Morgan fingerprint density at radius 2 is 1.95 bits per heavy atom. The van der Waals surface area contributed by atoms with Crippen molar-refractivity contribution in [3.63, 3.8) is 0 Å². The van der Waals surface area contributed by atoms with Crippen molar-refractivity contribution >= 4 is 5.69 Å². The Labute approximate surface area is 110 Å². The highest BCUT2D eigenvalue weighted by atomic mass is 16.2. The lowest BCUT2D eigenvalue weighted by Crippen LogP contribution is -2.39. The number of benzene rings is 1. The zero-order chi connectivity index (χ0) is 14.0. The Bertz CT molecular complexity index is 713. The van der Waals surface area contributed by atoms with E-state index >= 15 is 0 Å². The average Bonchev–Trinajstić information content (AvgIpc) is 2.39. The number of anilines is 1. The van der Waals surface area contributed by atoms with E-state index < -0.39 is 0 Å². The number of hydrogen-bond donors (Lipinski definition) is 1. The molecule has 19 heavy (non-hydrogen) atoms. The first-order valence-corrected chi connectivity index (χ1v) is 6.19. The largest absolute Gasteiger partial charge is 0.399 e. The van der Waals surface area contributed by atoms with Crippen LogP contribution in [0.3, 0.4) is 0 Å². The molecule has 0 saturated heterocycles. The van der Waals surface area contributed by atoms with Gasteiger partial charge in [-0.15, -0.1) is 0 Å².